The van der Waals surface area contributed by atoms with Crippen LogP contribution in [0, 0.1) is 5.82 Å². The fourth-order valence-electron chi connectivity index (χ4n) is 4.19. The van der Waals surface area contributed by atoms with Crippen molar-refractivity contribution in [2.45, 2.75) is 56.5 Å². The minimum absolute atomic E-state index is 0.00576. The molecule has 0 aromatic heterocycles. The van der Waals surface area contributed by atoms with Gasteiger partial charge in [-0.05, 0) is 62.9 Å². The van der Waals surface area contributed by atoms with Gasteiger partial charge in [-0.3, -0.25) is 4.90 Å². The van der Waals surface area contributed by atoms with Crippen LogP contribution in [0.4, 0.5) is 4.39 Å². The molecule has 1 aromatic rings. The summed E-state index contributed by atoms with van der Waals surface area (Å²) >= 11 is 5.83. The van der Waals surface area contributed by atoms with Gasteiger partial charge in [-0.2, -0.15) is 0 Å². The highest BCUT2D eigenvalue weighted by atomic mass is 35.5. The summed E-state index contributed by atoms with van der Waals surface area (Å²) in [6, 6.07) is 4.92. The number of likely N-dealkylation sites (tertiary alicyclic amines) is 1. The van der Waals surface area contributed by atoms with Crippen molar-refractivity contribution in [1.82, 2.24) is 4.90 Å². The highest BCUT2D eigenvalue weighted by Gasteiger charge is 2.45. The van der Waals surface area contributed by atoms with E-state index in [1.165, 1.54) is 31.7 Å². The fraction of sp³-hybridized carbons (Fsp3) is 0.647. The third kappa shape index (κ3) is 2.96. The Labute approximate surface area is 131 Å². The topological polar surface area (TPSA) is 29.3 Å². The Morgan fingerprint density at radius 1 is 1.19 bits per heavy atom. The number of hydrogen-bond donors (Lipinski definition) is 1. The molecule has 2 fully saturated rings. The third-order valence-corrected chi connectivity index (χ3v) is 5.59. The fourth-order valence-corrected chi connectivity index (χ4v) is 4.34. The molecule has 0 radical (unpaired) electrons. The van der Waals surface area contributed by atoms with E-state index in [1.807, 2.05) is 0 Å². The summed E-state index contributed by atoms with van der Waals surface area (Å²) in [5.41, 5.74) is 7.37. The number of halogens is 2. The van der Waals surface area contributed by atoms with Crippen molar-refractivity contribution in [2.24, 2.45) is 5.73 Å². The SMILES string of the molecule is NC(Cc1ccc(Cl)cc1F)C1(N2CCCC2)CCCC1. The molecule has 2 nitrogen and oxygen atoms in total. The zero-order valence-electron chi connectivity index (χ0n) is 12.5. The van der Waals surface area contributed by atoms with Crippen LogP contribution in [0.5, 0.6) is 0 Å². The van der Waals surface area contributed by atoms with E-state index in [-0.39, 0.29) is 17.4 Å². The minimum Gasteiger partial charge on any atom is -0.326 e. The molecular formula is C17H24ClFN2. The zero-order chi connectivity index (χ0) is 14.9. The van der Waals surface area contributed by atoms with Gasteiger partial charge >= 0.3 is 0 Å². The second-order valence-electron chi connectivity index (χ2n) is 6.55. The van der Waals surface area contributed by atoms with Gasteiger partial charge < -0.3 is 5.73 Å². The molecule has 1 aliphatic carbocycles. The summed E-state index contributed by atoms with van der Waals surface area (Å²) in [5, 5.41) is 0.444. The molecule has 2 N–H and O–H groups in total. The Balaban J connectivity index is 1.79. The van der Waals surface area contributed by atoms with E-state index in [9.17, 15) is 4.39 Å². The molecular weight excluding hydrogens is 287 g/mol. The van der Waals surface area contributed by atoms with E-state index in [0.29, 0.717) is 17.0 Å². The average Bonchev–Trinajstić information content (AvgIpc) is 3.11. The van der Waals surface area contributed by atoms with Crippen LogP contribution in [0.25, 0.3) is 0 Å². The first-order valence-corrected chi connectivity index (χ1v) is 8.44. The van der Waals surface area contributed by atoms with E-state index in [1.54, 1.807) is 12.1 Å². The largest absolute Gasteiger partial charge is 0.326 e. The van der Waals surface area contributed by atoms with Crippen molar-refractivity contribution in [3.05, 3.63) is 34.6 Å². The lowest BCUT2D eigenvalue weighted by Gasteiger charge is -2.43. The van der Waals surface area contributed by atoms with Crippen LogP contribution in [0.1, 0.15) is 44.1 Å². The second kappa shape index (κ2) is 6.23. The Morgan fingerprint density at radius 2 is 1.86 bits per heavy atom. The molecule has 3 rings (SSSR count). The number of hydrogen-bond acceptors (Lipinski definition) is 2. The van der Waals surface area contributed by atoms with E-state index in [0.717, 1.165) is 25.9 Å². The van der Waals surface area contributed by atoms with Crippen molar-refractivity contribution >= 4 is 11.6 Å². The Morgan fingerprint density at radius 3 is 2.48 bits per heavy atom. The van der Waals surface area contributed by atoms with Gasteiger partial charge in [0.15, 0.2) is 0 Å². The highest BCUT2D eigenvalue weighted by Crippen LogP contribution is 2.40. The van der Waals surface area contributed by atoms with Crippen molar-refractivity contribution in [3.8, 4) is 0 Å². The smallest absolute Gasteiger partial charge is 0.127 e. The van der Waals surface area contributed by atoms with Crippen molar-refractivity contribution < 1.29 is 4.39 Å². The van der Waals surface area contributed by atoms with Gasteiger partial charge in [0.05, 0.1) is 0 Å². The van der Waals surface area contributed by atoms with E-state index in [4.69, 9.17) is 17.3 Å². The van der Waals surface area contributed by atoms with Gasteiger partial charge in [0.2, 0.25) is 0 Å². The molecule has 1 saturated heterocycles. The molecule has 1 unspecified atom stereocenters. The molecule has 0 spiro atoms. The summed E-state index contributed by atoms with van der Waals surface area (Å²) < 4.78 is 14.0. The summed E-state index contributed by atoms with van der Waals surface area (Å²) in [6.07, 6.45) is 7.93. The molecule has 4 heteroatoms. The molecule has 0 amide bonds. The van der Waals surface area contributed by atoms with Crippen molar-refractivity contribution in [1.29, 1.82) is 0 Å². The summed E-state index contributed by atoms with van der Waals surface area (Å²) in [6.45, 7) is 2.30. The molecule has 1 aromatic carbocycles. The normalized spacial score (nSPS) is 23.6. The second-order valence-corrected chi connectivity index (χ2v) is 6.99. The predicted molar refractivity (Wildman–Crippen MR) is 85.1 cm³/mol. The first kappa shape index (κ1) is 15.3. The van der Waals surface area contributed by atoms with Crippen LogP contribution in [0.3, 0.4) is 0 Å². The molecule has 116 valence electrons. The Bertz CT molecular complexity index is 494. The van der Waals surface area contributed by atoms with Gasteiger partial charge in [-0.15, -0.1) is 0 Å². The molecule has 1 saturated carbocycles. The maximum Gasteiger partial charge on any atom is 0.127 e. The molecule has 2 aliphatic rings. The van der Waals surface area contributed by atoms with Crippen LogP contribution in [-0.2, 0) is 6.42 Å². The summed E-state index contributed by atoms with van der Waals surface area (Å²) in [5.74, 6) is -0.229. The molecule has 0 bridgehead atoms. The lowest BCUT2D eigenvalue weighted by atomic mass is 9.83. The van der Waals surface area contributed by atoms with E-state index >= 15 is 0 Å². The van der Waals surface area contributed by atoms with Crippen LogP contribution < -0.4 is 5.73 Å². The van der Waals surface area contributed by atoms with Gasteiger partial charge in [-0.1, -0.05) is 30.5 Å². The number of nitrogens with two attached hydrogens (primary N) is 1. The highest BCUT2D eigenvalue weighted by molar-refractivity contribution is 6.30. The maximum absolute atomic E-state index is 14.0. The number of nitrogens with zero attached hydrogens (tertiary/aromatic N) is 1. The van der Waals surface area contributed by atoms with Crippen LogP contribution >= 0.6 is 11.6 Å². The minimum atomic E-state index is -0.229. The lowest BCUT2D eigenvalue weighted by molar-refractivity contribution is 0.0918. The van der Waals surface area contributed by atoms with Crippen LogP contribution in [-0.4, -0.2) is 29.6 Å². The predicted octanol–water partition coefficient (Wildman–Crippen LogP) is 3.76. The number of benzene rings is 1. The molecule has 1 atom stereocenters. The monoisotopic (exact) mass is 310 g/mol. The lowest BCUT2D eigenvalue weighted by Crippen LogP contribution is -2.58. The summed E-state index contributed by atoms with van der Waals surface area (Å²) in [4.78, 5) is 2.58. The Kier molecular flexibility index (Phi) is 4.53. The van der Waals surface area contributed by atoms with Crippen LogP contribution in [0.15, 0.2) is 18.2 Å². The van der Waals surface area contributed by atoms with Gasteiger partial charge in [0.1, 0.15) is 5.82 Å². The van der Waals surface area contributed by atoms with Gasteiger partial charge in [0, 0.05) is 16.6 Å². The van der Waals surface area contributed by atoms with E-state index in [2.05, 4.69) is 4.90 Å². The first-order chi connectivity index (χ1) is 10.1. The molecule has 1 heterocycles. The van der Waals surface area contributed by atoms with Crippen molar-refractivity contribution in [2.75, 3.05) is 13.1 Å². The third-order valence-electron chi connectivity index (χ3n) is 5.35. The van der Waals surface area contributed by atoms with E-state index < -0.39 is 0 Å². The van der Waals surface area contributed by atoms with Gasteiger partial charge in [-0.25, -0.2) is 4.39 Å². The average molecular weight is 311 g/mol. The quantitative estimate of drug-likeness (QED) is 0.917. The molecule has 21 heavy (non-hydrogen) atoms. The van der Waals surface area contributed by atoms with Crippen LogP contribution in [0.2, 0.25) is 5.02 Å². The van der Waals surface area contributed by atoms with Crippen molar-refractivity contribution in [3.63, 3.8) is 0 Å². The maximum atomic E-state index is 14.0. The van der Waals surface area contributed by atoms with Gasteiger partial charge in [0.25, 0.3) is 0 Å². The molecule has 1 aliphatic heterocycles. The zero-order valence-corrected chi connectivity index (χ0v) is 13.2. The summed E-state index contributed by atoms with van der Waals surface area (Å²) in [7, 11) is 0. The Hall–Kier alpha value is -0.640. The first-order valence-electron chi connectivity index (χ1n) is 8.06. The standard InChI is InChI=1S/C17H24ClFN2/c18-14-6-5-13(15(19)12-14)11-16(20)17(7-1-2-8-17)21-9-3-4-10-21/h5-6,12,16H,1-4,7-11,20H2. The number of rotatable bonds is 4.